The molecule has 0 unspecified atom stereocenters. The van der Waals surface area contributed by atoms with Gasteiger partial charge in [-0.2, -0.15) is 0 Å². The highest BCUT2D eigenvalue weighted by Gasteiger charge is 2.40. The van der Waals surface area contributed by atoms with Crippen LogP contribution in [-0.4, -0.2) is 149 Å². The van der Waals surface area contributed by atoms with Gasteiger partial charge in [-0.3, -0.25) is 29.3 Å². The van der Waals surface area contributed by atoms with E-state index in [0.717, 1.165) is 57.8 Å². The molecule has 0 aliphatic carbocycles. The highest BCUT2D eigenvalue weighted by atomic mass is 32.1. The van der Waals surface area contributed by atoms with Crippen LogP contribution >= 0.6 is 11.3 Å². The molecule has 0 radical (unpaired) electrons. The number of esters is 1. The minimum atomic E-state index is -1.05. The fraction of sp³-hybridized carbons (Fsp3) is 0.583. The maximum atomic E-state index is 14.7. The minimum Gasteiger partial charge on any atom is -0.464 e. The first-order chi connectivity index (χ1) is 31.2. The summed E-state index contributed by atoms with van der Waals surface area (Å²) in [7, 11) is 3.35. The van der Waals surface area contributed by atoms with Gasteiger partial charge in [0.15, 0.2) is 0 Å². The Hall–Kier alpha value is -4.94. The van der Waals surface area contributed by atoms with Crippen LogP contribution in [0.1, 0.15) is 76.8 Å². The summed E-state index contributed by atoms with van der Waals surface area (Å²) in [4.78, 5) is 72.7. The molecule has 4 aromatic rings. The normalized spacial score (nSPS) is 22.8. The topological polar surface area (TPSA) is 164 Å². The molecule has 6 bridgehead atoms. The number of urea groups is 1. The number of aromatic nitrogens is 3. The number of cyclic esters (lactones) is 1. The van der Waals surface area contributed by atoms with Gasteiger partial charge in [0.05, 0.1) is 54.1 Å². The van der Waals surface area contributed by atoms with E-state index in [4.69, 9.17) is 24.2 Å². The Kier molecular flexibility index (Phi) is 14.0. The molecule has 1 aromatic carbocycles. The van der Waals surface area contributed by atoms with Crippen LogP contribution < -0.4 is 10.7 Å². The Morgan fingerprint density at radius 2 is 1.94 bits per heavy atom. The van der Waals surface area contributed by atoms with Gasteiger partial charge in [0, 0.05) is 98.9 Å². The van der Waals surface area contributed by atoms with Crippen LogP contribution in [0.2, 0.25) is 0 Å². The van der Waals surface area contributed by atoms with Crippen LogP contribution in [0.25, 0.3) is 33.4 Å². The van der Waals surface area contributed by atoms with Crippen molar-refractivity contribution >= 4 is 46.1 Å². The van der Waals surface area contributed by atoms with E-state index in [9.17, 15) is 19.2 Å². The molecule has 7 heterocycles. The second-order valence-electron chi connectivity index (χ2n) is 19.1. The number of hydrogen-bond acceptors (Lipinski definition) is 12. The molecule has 17 heteroatoms. The molecule has 2 N–H and O–H groups in total. The van der Waals surface area contributed by atoms with Crippen molar-refractivity contribution in [2.75, 3.05) is 66.7 Å². The van der Waals surface area contributed by atoms with Gasteiger partial charge in [0.25, 0.3) is 5.91 Å². The largest absolute Gasteiger partial charge is 0.464 e. The van der Waals surface area contributed by atoms with Gasteiger partial charge in [-0.1, -0.05) is 33.8 Å². The van der Waals surface area contributed by atoms with E-state index in [2.05, 4.69) is 65.2 Å². The van der Waals surface area contributed by atoms with Crippen LogP contribution in [-0.2, 0) is 48.0 Å². The van der Waals surface area contributed by atoms with E-state index in [-0.39, 0.29) is 37.1 Å². The smallest absolute Gasteiger partial charge is 0.324 e. The van der Waals surface area contributed by atoms with Crippen LogP contribution in [0.5, 0.6) is 0 Å². The van der Waals surface area contributed by atoms with Crippen molar-refractivity contribution in [2.45, 2.75) is 104 Å². The number of ether oxygens (including phenoxy) is 3. The first-order valence-corrected chi connectivity index (χ1v) is 24.0. The zero-order valence-corrected chi connectivity index (χ0v) is 39.9. The predicted molar refractivity (Wildman–Crippen MR) is 249 cm³/mol. The van der Waals surface area contributed by atoms with E-state index in [1.165, 1.54) is 21.2 Å². The third kappa shape index (κ3) is 9.66. The zero-order chi connectivity index (χ0) is 46.2. The number of thiazole rings is 1. The van der Waals surface area contributed by atoms with E-state index >= 15 is 0 Å². The average Bonchev–Trinajstić information content (AvgIpc) is 3.90. The van der Waals surface area contributed by atoms with Gasteiger partial charge < -0.3 is 33.9 Å². The zero-order valence-electron chi connectivity index (χ0n) is 39.1. The van der Waals surface area contributed by atoms with Crippen LogP contribution in [0.3, 0.4) is 0 Å². The molecule has 0 spiro atoms. The van der Waals surface area contributed by atoms with Crippen molar-refractivity contribution in [1.82, 2.24) is 45.0 Å². The molecule has 3 aromatic heterocycles. The first-order valence-electron chi connectivity index (χ1n) is 23.1. The summed E-state index contributed by atoms with van der Waals surface area (Å²) < 4.78 is 20.0. The summed E-state index contributed by atoms with van der Waals surface area (Å²) in [5, 5.41) is 8.23. The van der Waals surface area contributed by atoms with E-state index in [0.29, 0.717) is 63.7 Å². The molecule has 3 fully saturated rings. The van der Waals surface area contributed by atoms with Crippen molar-refractivity contribution < 1.29 is 33.4 Å². The van der Waals surface area contributed by atoms with E-state index in [1.54, 1.807) is 25.3 Å². The number of benzene rings is 1. The fourth-order valence-corrected chi connectivity index (χ4v) is 10.9. The number of likely N-dealkylation sites (N-methyl/N-ethyl adjacent to an activating group) is 1. The van der Waals surface area contributed by atoms with Crippen LogP contribution in [0.15, 0.2) is 41.9 Å². The molecule has 350 valence electrons. The number of amides is 4. The quantitative estimate of drug-likeness (QED) is 0.221. The Morgan fingerprint density at radius 1 is 1.12 bits per heavy atom. The molecule has 0 saturated carbocycles. The van der Waals surface area contributed by atoms with Crippen LogP contribution in [0, 0.1) is 11.3 Å². The monoisotopic (exact) mass is 911 g/mol. The standard InChI is InChI=1S/C48H65N9O7S/c1-9-56-39-15-14-31-22-34(39)35(43(56)33-12-10-16-49-41(33)30(4)62-8)24-48(5,6)28-64-46(60)36-13-11-17-57(52-36)45(59)37(23-40-50-38(31)27-65-40)51-44(58)42(29(2)3)53(7)47(61)55-19-18-54-20-21-63-26-32(54)25-55/h10,12,14-16,22,27,29-30,32,36-37,42,52H,9,11,13,17-21,23-26,28H2,1-8H3,(H,51,58)/t30-,32-,36-,37-,42-/m0/s1. The van der Waals surface area contributed by atoms with E-state index < -0.39 is 41.3 Å². The van der Waals surface area contributed by atoms with Gasteiger partial charge in [0.1, 0.15) is 18.1 Å². The van der Waals surface area contributed by atoms with Gasteiger partial charge in [-0.15, -0.1) is 11.3 Å². The van der Waals surface area contributed by atoms with Crippen molar-refractivity contribution in [3.8, 4) is 22.5 Å². The number of piperazine rings is 1. The molecule has 5 atom stereocenters. The van der Waals surface area contributed by atoms with Gasteiger partial charge in [-0.25, -0.2) is 15.2 Å². The Balaban J connectivity index is 1.15. The maximum Gasteiger partial charge on any atom is 0.324 e. The summed E-state index contributed by atoms with van der Waals surface area (Å²) in [5.74, 6) is -1.54. The summed E-state index contributed by atoms with van der Waals surface area (Å²) in [6.07, 6.45) is 3.29. The molecule has 3 saturated heterocycles. The maximum absolute atomic E-state index is 14.7. The second-order valence-corrected chi connectivity index (χ2v) is 20.0. The van der Waals surface area contributed by atoms with Gasteiger partial charge in [-0.05, 0) is 68.9 Å². The van der Waals surface area contributed by atoms with E-state index in [1.807, 2.05) is 32.2 Å². The van der Waals surface area contributed by atoms with Crippen molar-refractivity contribution in [1.29, 1.82) is 0 Å². The fourth-order valence-electron chi connectivity index (χ4n) is 10.0. The van der Waals surface area contributed by atoms with Crippen molar-refractivity contribution in [3.63, 3.8) is 0 Å². The summed E-state index contributed by atoms with van der Waals surface area (Å²) in [6.45, 7) is 17.3. The number of nitrogens with zero attached hydrogens (tertiary/aromatic N) is 7. The molecule has 65 heavy (non-hydrogen) atoms. The lowest BCUT2D eigenvalue weighted by Gasteiger charge is -2.45. The van der Waals surface area contributed by atoms with Crippen LogP contribution in [0.4, 0.5) is 4.79 Å². The number of carbonyl (C=O) groups excluding carboxylic acids is 4. The third-order valence-corrected chi connectivity index (χ3v) is 14.4. The lowest BCUT2D eigenvalue weighted by molar-refractivity contribution is -0.155. The summed E-state index contributed by atoms with van der Waals surface area (Å²) in [6, 6.07) is 7.67. The molecular weight excluding hydrogens is 847 g/mol. The number of pyridine rings is 1. The Bertz CT molecular complexity index is 2400. The first kappa shape index (κ1) is 46.6. The van der Waals surface area contributed by atoms with Crippen molar-refractivity contribution in [2.24, 2.45) is 11.3 Å². The number of hydrazine groups is 1. The van der Waals surface area contributed by atoms with Gasteiger partial charge >= 0.3 is 12.0 Å². The predicted octanol–water partition coefficient (Wildman–Crippen LogP) is 5.30. The van der Waals surface area contributed by atoms with Crippen molar-refractivity contribution in [3.05, 3.63) is 58.2 Å². The molecule has 16 nitrogen and oxygen atoms in total. The summed E-state index contributed by atoms with van der Waals surface area (Å²) in [5.41, 5.74) is 9.39. The Labute approximate surface area is 385 Å². The average molecular weight is 912 g/mol. The molecular formula is C48H65N9O7S. The number of hydrogen-bond donors (Lipinski definition) is 2. The number of fused-ring (bicyclic) bond motifs is 7. The third-order valence-electron chi connectivity index (χ3n) is 13.5. The molecule has 8 rings (SSSR count). The minimum absolute atomic E-state index is 0.105. The van der Waals surface area contributed by atoms with Gasteiger partial charge in [0.2, 0.25) is 5.91 Å². The highest BCUT2D eigenvalue weighted by Crippen LogP contribution is 2.42. The molecule has 4 aliphatic rings. The molecule has 4 aliphatic heterocycles. The number of methoxy groups -OCH3 is 1. The Morgan fingerprint density at radius 3 is 2.71 bits per heavy atom. The lowest BCUT2D eigenvalue weighted by Crippen LogP contribution is -2.64. The highest BCUT2D eigenvalue weighted by molar-refractivity contribution is 7.10. The number of aryl methyl sites for hydroxylation is 1. The number of carbonyl (C=O) groups is 4. The number of morpholine rings is 1. The molecule has 4 amide bonds. The lowest BCUT2D eigenvalue weighted by atomic mass is 9.84. The number of nitrogens with one attached hydrogen (secondary N) is 2. The summed E-state index contributed by atoms with van der Waals surface area (Å²) >= 11 is 1.43. The SMILES string of the molecule is CCn1c(-c2cccnc2[C@H](C)OC)c2c3cc(ccc31)-c1csc(n1)C[C@H](NC(=O)[C@H](C(C)C)N(C)C(=O)N1CCN3CCOC[C@@H]3C1)C(=O)N1CCC[C@H](N1)C(=O)OCC(C)(C)C2. The number of rotatable bonds is 8. The second kappa shape index (κ2) is 19.5.